The van der Waals surface area contributed by atoms with Crippen LogP contribution < -0.4 is 11.0 Å². The highest BCUT2D eigenvalue weighted by molar-refractivity contribution is 5.97. The first-order valence-electron chi connectivity index (χ1n) is 8.49. The van der Waals surface area contributed by atoms with E-state index in [2.05, 4.69) is 4.90 Å². The average molecular weight is 329 g/mol. The number of nitrogens with one attached hydrogen (secondary N) is 1. The lowest BCUT2D eigenvalue weighted by molar-refractivity contribution is 0.0706. The van der Waals surface area contributed by atoms with E-state index < -0.39 is 5.91 Å². The van der Waals surface area contributed by atoms with Gasteiger partial charge >= 0.3 is 0 Å². The van der Waals surface area contributed by atoms with Gasteiger partial charge in [-0.1, -0.05) is 12.5 Å². The summed E-state index contributed by atoms with van der Waals surface area (Å²) in [5.41, 5.74) is 1.77. The molecule has 1 aliphatic heterocycles. The SMILES string of the molecule is O=C(NO)c1ccc2ccn(CCCN3CCCCC3)c(=O)c2c1. The minimum absolute atomic E-state index is 0.0984. The maximum Gasteiger partial charge on any atom is 0.274 e. The van der Waals surface area contributed by atoms with Crippen molar-refractivity contribution in [1.29, 1.82) is 0 Å². The number of nitrogens with zero attached hydrogens (tertiary/aromatic N) is 2. The predicted molar refractivity (Wildman–Crippen MR) is 92.4 cm³/mol. The Bertz CT molecular complexity index is 779. The number of hydrogen-bond donors (Lipinski definition) is 2. The molecule has 0 bridgehead atoms. The van der Waals surface area contributed by atoms with E-state index in [9.17, 15) is 9.59 Å². The fraction of sp³-hybridized carbons (Fsp3) is 0.444. The highest BCUT2D eigenvalue weighted by Crippen LogP contribution is 2.13. The molecule has 0 aliphatic carbocycles. The molecule has 0 atom stereocenters. The largest absolute Gasteiger partial charge is 0.315 e. The topological polar surface area (TPSA) is 74.6 Å². The second-order valence-corrected chi connectivity index (χ2v) is 6.31. The Labute approximate surface area is 140 Å². The van der Waals surface area contributed by atoms with Gasteiger partial charge in [0, 0.05) is 23.7 Å². The van der Waals surface area contributed by atoms with Crippen LogP contribution in [0.2, 0.25) is 0 Å². The van der Waals surface area contributed by atoms with Crippen LogP contribution in [-0.4, -0.2) is 40.2 Å². The van der Waals surface area contributed by atoms with Crippen molar-refractivity contribution in [2.45, 2.75) is 32.2 Å². The number of pyridine rings is 1. The van der Waals surface area contributed by atoms with Gasteiger partial charge in [0.15, 0.2) is 0 Å². The van der Waals surface area contributed by atoms with Gasteiger partial charge < -0.3 is 9.47 Å². The number of piperidine rings is 1. The maximum atomic E-state index is 12.6. The van der Waals surface area contributed by atoms with Crippen LogP contribution in [0.3, 0.4) is 0 Å². The van der Waals surface area contributed by atoms with E-state index in [-0.39, 0.29) is 11.1 Å². The molecule has 0 unspecified atom stereocenters. The summed E-state index contributed by atoms with van der Waals surface area (Å²) in [6, 6.07) is 6.73. The van der Waals surface area contributed by atoms with E-state index in [1.165, 1.54) is 25.3 Å². The number of aromatic nitrogens is 1. The number of likely N-dealkylation sites (tertiary alicyclic amines) is 1. The molecule has 24 heavy (non-hydrogen) atoms. The molecule has 1 aromatic heterocycles. The number of benzene rings is 1. The van der Waals surface area contributed by atoms with Crippen molar-refractivity contribution < 1.29 is 10.0 Å². The Kier molecular flexibility index (Phi) is 5.27. The van der Waals surface area contributed by atoms with Gasteiger partial charge in [-0.05, 0) is 62.5 Å². The van der Waals surface area contributed by atoms with Crippen molar-refractivity contribution in [2.75, 3.05) is 19.6 Å². The van der Waals surface area contributed by atoms with Crippen LogP contribution in [0.15, 0.2) is 35.3 Å². The second-order valence-electron chi connectivity index (χ2n) is 6.31. The van der Waals surface area contributed by atoms with Crippen molar-refractivity contribution in [3.05, 3.63) is 46.4 Å². The zero-order valence-corrected chi connectivity index (χ0v) is 13.7. The minimum atomic E-state index is -0.614. The first-order valence-corrected chi connectivity index (χ1v) is 8.49. The number of carbonyl (C=O) groups is 1. The predicted octanol–water partition coefficient (Wildman–Crippen LogP) is 2.00. The third-order valence-electron chi connectivity index (χ3n) is 4.66. The van der Waals surface area contributed by atoms with E-state index in [0.29, 0.717) is 11.9 Å². The van der Waals surface area contributed by atoms with E-state index in [1.807, 2.05) is 12.3 Å². The summed E-state index contributed by atoms with van der Waals surface area (Å²) in [4.78, 5) is 26.6. The lowest BCUT2D eigenvalue weighted by atomic mass is 10.1. The third-order valence-corrected chi connectivity index (χ3v) is 4.66. The van der Waals surface area contributed by atoms with Crippen molar-refractivity contribution in [1.82, 2.24) is 14.9 Å². The molecule has 1 amide bonds. The number of fused-ring (bicyclic) bond motifs is 1. The first-order chi connectivity index (χ1) is 11.7. The molecule has 6 nitrogen and oxygen atoms in total. The number of hydroxylamine groups is 1. The first kappa shape index (κ1) is 16.7. The molecular weight excluding hydrogens is 306 g/mol. The fourth-order valence-electron chi connectivity index (χ4n) is 3.31. The lowest BCUT2D eigenvalue weighted by Crippen LogP contribution is -2.31. The van der Waals surface area contributed by atoms with Gasteiger partial charge in [0.25, 0.3) is 11.5 Å². The normalized spacial score (nSPS) is 15.5. The summed E-state index contributed by atoms with van der Waals surface area (Å²) in [6.07, 6.45) is 6.61. The number of rotatable bonds is 5. The molecule has 0 spiro atoms. The van der Waals surface area contributed by atoms with Crippen LogP contribution in [0, 0.1) is 0 Å². The summed E-state index contributed by atoms with van der Waals surface area (Å²) in [6.45, 7) is 4.00. The average Bonchev–Trinajstić information content (AvgIpc) is 2.63. The molecule has 0 radical (unpaired) electrons. The van der Waals surface area contributed by atoms with Crippen LogP contribution >= 0.6 is 0 Å². The lowest BCUT2D eigenvalue weighted by Gasteiger charge is -2.26. The Balaban J connectivity index is 1.74. The minimum Gasteiger partial charge on any atom is -0.315 e. The zero-order valence-electron chi connectivity index (χ0n) is 13.7. The maximum absolute atomic E-state index is 12.6. The molecule has 1 fully saturated rings. The Hall–Kier alpha value is -2.18. The zero-order chi connectivity index (χ0) is 16.9. The fourth-order valence-corrected chi connectivity index (χ4v) is 3.31. The van der Waals surface area contributed by atoms with Gasteiger partial charge in [-0.25, -0.2) is 5.48 Å². The van der Waals surface area contributed by atoms with Crippen LogP contribution in [0.5, 0.6) is 0 Å². The number of amides is 1. The summed E-state index contributed by atoms with van der Waals surface area (Å²) in [5.74, 6) is -0.614. The van der Waals surface area contributed by atoms with Crippen LogP contribution in [0.1, 0.15) is 36.0 Å². The summed E-state index contributed by atoms with van der Waals surface area (Å²) in [7, 11) is 0. The summed E-state index contributed by atoms with van der Waals surface area (Å²) < 4.78 is 1.70. The number of carbonyl (C=O) groups excluding carboxylic acids is 1. The monoisotopic (exact) mass is 329 g/mol. The molecular formula is C18H23N3O3. The van der Waals surface area contributed by atoms with Gasteiger partial charge in [0.2, 0.25) is 0 Å². The van der Waals surface area contributed by atoms with Crippen molar-refractivity contribution in [3.63, 3.8) is 0 Å². The Morgan fingerprint density at radius 3 is 2.67 bits per heavy atom. The summed E-state index contributed by atoms with van der Waals surface area (Å²) in [5, 5.41) is 10.0. The van der Waals surface area contributed by atoms with Crippen LogP contribution in [0.4, 0.5) is 0 Å². The van der Waals surface area contributed by atoms with Crippen molar-refractivity contribution >= 4 is 16.7 Å². The molecule has 2 aromatic rings. The standard InChI is InChI=1S/C18H23N3O3/c22-17(19-24)15-6-5-14-7-12-21(18(23)16(14)13-15)11-4-10-20-8-2-1-3-9-20/h5-7,12-13,24H,1-4,8-11H2,(H,19,22). The summed E-state index contributed by atoms with van der Waals surface area (Å²) >= 11 is 0. The van der Waals surface area contributed by atoms with Crippen molar-refractivity contribution in [3.8, 4) is 0 Å². The molecule has 1 aromatic carbocycles. The number of hydrogen-bond acceptors (Lipinski definition) is 4. The molecule has 6 heteroatoms. The third kappa shape index (κ3) is 3.66. The van der Waals surface area contributed by atoms with E-state index in [0.717, 1.165) is 31.4 Å². The van der Waals surface area contributed by atoms with Gasteiger partial charge in [-0.3, -0.25) is 14.8 Å². The van der Waals surface area contributed by atoms with Gasteiger partial charge in [0.1, 0.15) is 0 Å². The van der Waals surface area contributed by atoms with Gasteiger partial charge in [0.05, 0.1) is 0 Å². The molecule has 1 saturated heterocycles. The molecule has 3 rings (SSSR count). The molecule has 2 heterocycles. The Morgan fingerprint density at radius 2 is 1.92 bits per heavy atom. The molecule has 2 N–H and O–H groups in total. The molecule has 0 saturated carbocycles. The van der Waals surface area contributed by atoms with Gasteiger partial charge in [-0.15, -0.1) is 0 Å². The van der Waals surface area contributed by atoms with E-state index in [4.69, 9.17) is 5.21 Å². The van der Waals surface area contributed by atoms with Crippen LogP contribution in [-0.2, 0) is 6.54 Å². The Morgan fingerprint density at radius 1 is 1.12 bits per heavy atom. The van der Waals surface area contributed by atoms with Crippen molar-refractivity contribution in [2.24, 2.45) is 0 Å². The highest BCUT2D eigenvalue weighted by Gasteiger charge is 2.11. The highest BCUT2D eigenvalue weighted by atomic mass is 16.5. The number of aryl methyl sites for hydroxylation is 1. The van der Waals surface area contributed by atoms with Crippen LogP contribution in [0.25, 0.3) is 10.8 Å². The van der Waals surface area contributed by atoms with E-state index in [1.54, 1.807) is 22.2 Å². The second kappa shape index (κ2) is 7.59. The van der Waals surface area contributed by atoms with E-state index >= 15 is 0 Å². The van der Waals surface area contributed by atoms with Gasteiger partial charge in [-0.2, -0.15) is 0 Å². The smallest absolute Gasteiger partial charge is 0.274 e. The molecule has 1 aliphatic rings. The molecule has 128 valence electrons. The quantitative estimate of drug-likeness (QED) is 0.650.